The van der Waals surface area contributed by atoms with Gasteiger partial charge in [0.2, 0.25) is 0 Å². The Morgan fingerprint density at radius 2 is 2.62 bits per heavy atom. The lowest BCUT2D eigenvalue weighted by atomic mass is 10.4. The van der Waals surface area contributed by atoms with E-state index in [9.17, 15) is 4.79 Å². The maximum Gasteiger partial charge on any atom is 0.286 e. The second-order valence-electron chi connectivity index (χ2n) is 2.22. The molecule has 0 aliphatic heterocycles. The first kappa shape index (κ1) is 9.15. The van der Waals surface area contributed by atoms with Gasteiger partial charge in [0.05, 0.1) is 12.7 Å². The van der Waals surface area contributed by atoms with Gasteiger partial charge in [0.1, 0.15) is 0 Å². The standard InChI is InChI=1S/C6H8N6O/c7-1-2-12-3-5(10-11-12)6(13)9-4-8/h3H,1-2,7H2,(H,9,13). The Morgan fingerprint density at radius 3 is 3.23 bits per heavy atom. The van der Waals surface area contributed by atoms with Gasteiger partial charge >= 0.3 is 0 Å². The average Bonchev–Trinajstić information content (AvgIpc) is 2.54. The Hall–Kier alpha value is -1.94. The molecule has 0 unspecified atom stereocenters. The molecular formula is C6H8N6O. The lowest BCUT2D eigenvalue weighted by Crippen LogP contribution is -2.17. The summed E-state index contributed by atoms with van der Waals surface area (Å²) >= 11 is 0. The van der Waals surface area contributed by atoms with Crippen molar-refractivity contribution >= 4 is 5.91 Å². The first-order valence-electron chi connectivity index (χ1n) is 3.57. The summed E-state index contributed by atoms with van der Waals surface area (Å²) in [5.41, 5.74) is 5.37. The number of aromatic nitrogens is 3. The van der Waals surface area contributed by atoms with E-state index in [2.05, 4.69) is 10.3 Å². The van der Waals surface area contributed by atoms with Crippen LogP contribution in [0.5, 0.6) is 0 Å². The van der Waals surface area contributed by atoms with Crippen LogP contribution in [-0.2, 0) is 6.54 Å². The van der Waals surface area contributed by atoms with Crippen molar-refractivity contribution < 1.29 is 4.79 Å². The Kier molecular flexibility index (Phi) is 2.94. The number of carbonyl (C=O) groups is 1. The van der Waals surface area contributed by atoms with Gasteiger partial charge in [0, 0.05) is 6.54 Å². The van der Waals surface area contributed by atoms with Crippen molar-refractivity contribution in [3.05, 3.63) is 11.9 Å². The van der Waals surface area contributed by atoms with E-state index in [0.717, 1.165) is 0 Å². The van der Waals surface area contributed by atoms with Crippen LogP contribution in [0, 0.1) is 11.5 Å². The summed E-state index contributed by atoms with van der Waals surface area (Å²) in [5, 5.41) is 17.3. The van der Waals surface area contributed by atoms with E-state index in [0.29, 0.717) is 13.1 Å². The van der Waals surface area contributed by atoms with Gasteiger partial charge in [-0.3, -0.25) is 14.8 Å². The molecule has 0 spiro atoms. The molecule has 1 amide bonds. The molecule has 0 aromatic carbocycles. The Labute approximate surface area is 74.1 Å². The van der Waals surface area contributed by atoms with Gasteiger partial charge in [-0.25, -0.2) is 0 Å². The maximum atomic E-state index is 11.0. The van der Waals surface area contributed by atoms with Crippen LogP contribution in [0.2, 0.25) is 0 Å². The molecule has 1 aromatic heterocycles. The number of rotatable bonds is 3. The predicted molar refractivity (Wildman–Crippen MR) is 42.2 cm³/mol. The molecule has 0 radical (unpaired) electrons. The van der Waals surface area contributed by atoms with E-state index in [1.54, 1.807) is 0 Å². The van der Waals surface area contributed by atoms with Crippen LogP contribution >= 0.6 is 0 Å². The maximum absolute atomic E-state index is 11.0. The Bertz CT molecular complexity index is 337. The third-order valence-corrected chi connectivity index (χ3v) is 1.30. The zero-order valence-electron chi connectivity index (χ0n) is 6.77. The van der Waals surface area contributed by atoms with Crippen molar-refractivity contribution in [2.45, 2.75) is 6.54 Å². The summed E-state index contributed by atoms with van der Waals surface area (Å²) in [6, 6.07) is 0. The highest BCUT2D eigenvalue weighted by molar-refractivity contribution is 5.92. The van der Waals surface area contributed by atoms with Crippen LogP contribution in [0.4, 0.5) is 0 Å². The molecule has 0 saturated heterocycles. The average molecular weight is 180 g/mol. The normalized spacial score (nSPS) is 9.23. The zero-order valence-corrected chi connectivity index (χ0v) is 6.77. The lowest BCUT2D eigenvalue weighted by molar-refractivity contribution is 0.0968. The van der Waals surface area contributed by atoms with Crippen molar-refractivity contribution in [3.8, 4) is 6.19 Å². The monoisotopic (exact) mass is 180 g/mol. The van der Waals surface area contributed by atoms with E-state index >= 15 is 0 Å². The third kappa shape index (κ3) is 2.25. The molecule has 1 heterocycles. The van der Waals surface area contributed by atoms with E-state index < -0.39 is 5.91 Å². The van der Waals surface area contributed by atoms with Crippen LogP contribution in [0.25, 0.3) is 0 Å². The number of nitriles is 1. The van der Waals surface area contributed by atoms with E-state index in [4.69, 9.17) is 11.0 Å². The minimum atomic E-state index is -0.564. The molecule has 1 rings (SSSR count). The van der Waals surface area contributed by atoms with Gasteiger partial charge in [-0.1, -0.05) is 5.21 Å². The van der Waals surface area contributed by atoms with Crippen molar-refractivity contribution in [1.82, 2.24) is 20.3 Å². The lowest BCUT2D eigenvalue weighted by Gasteiger charge is -1.92. The van der Waals surface area contributed by atoms with Crippen molar-refractivity contribution in [2.75, 3.05) is 6.54 Å². The molecule has 1 aromatic rings. The van der Waals surface area contributed by atoms with Gasteiger partial charge in [-0.05, 0) is 0 Å². The topological polar surface area (TPSA) is 110 Å². The first-order valence-corrected chi connectivity index (χ1v) is 3.57. The highest BCUT2D eigenvalue weighted by Crippen LogP contribution is 1.91. The second-order valence-corrected chi connectivity index (χ2v) is 2.22. The molecule has 0 aliphatic rings. The zero-order chi connectivity index (χ0) is 9.68. The molecule has 0 saturated carbocycles. The molecular weight excluding hydrogens is 172 g/mol. The quantitative estimate of drug-likeness (QED) is 0.432. The number of carbonyl (C=O) groups excluding carboxylic acids is 1. The van der Waals surface area contributed by atoms with Gasteiger partial charge in [-0.2, -0.15) is 5.26 Å². The molecule has 7 nitrogen and oxygen atoms in total. The number of nitrogens with zero attached hydrogens (tertiary/aromatic N) is 4. The Balaban J connectivity index is 2.69. The predicted octanol–water partition coefficient (Wildman–Crippen LogP) is -1.55. The first-order chi connectivity index (χ1) is 6.27. The second kappa shape index (κ2) is 4.18. The molecule has 13 heavy (non-hydrogen) atoms. The summed E-state index contributed by atoms with van der Waals surface area (Å²) in [4.78, 5) is 11.0. The Morgan fingerprint density at radius 1 is 1.85 bits per heavy atom. The number of hydrogen-bond donors (Lipinski definition) is 2. The fourth-order valence-corrected chi connectivity index (χ4v) is 0.759. The van der Waals surface area contributed by atoms with Crippen LogP contribution in [0.3, 0.4) is 0 Å². The number of hydrogen-bond acceptors (Lipinski definition) is 5. The van der Waals surface area contributed by atoms with Gasteiger partial charge in [0.25, 0.3) is 5.91 Å². The molecule has 0 fully saturated rings. The van der Waals surface area contributed by atoms with E-state index in [-0.39, 0.29) is 5.69 Å². The summed E-state index contributed by atoms with van der Waals surface area (Å²) in [5.74, 6) is -0.564. The SMILES string of the molecule is N#CNC(=O)c1cn(CCN)nn1. The molecule has 68 valence electrons. The van der Waals surface area contributed by atoms with Crippen LogP contribution in [0.1, 0.15) is 10.5 Å². The van der Waals surface area contributed by atoms with Crippen molar-refractivity contribution in [2.24, 2.45) is 5.73 Å². The van der Waals surface area contributed by atoms with Crippen LogP contribution in [-0.4, -0.2) is 27.4 Å². The van der Waals surface area contributed by atoms with Gasteiger partial charge < -0.3 is 5.73 Å². The number of nitrogens with one attached hydrogen (secondary N) is 1. The molecule has 7 heteroatoms. The summed E-state index contributed by atoms with van der Waals surface area (Å²) in [6.07, 6.45) is 2.94. The molecule has 0 bridgehead atoms. The highest BCUT2D eigenvalue weighted by atomic mass is 16.1. The molecule has 0 atom stereocenters. The van der Waals surface area contributed by atoms with Crippen molar-refractivity contribution in [3.63, 3.8) is 0 Å². The fraction of sp³-hybridized carbons (Fsp3) is 0.333. The fourth-order valence-electron chi connectivity index (χ4n) is 0.759. The highest BCUT2D eigenvalue weighted by Gasteiger charge is 2.08. The third-order valence-electron chi connectivity index (χ3n) is 1.30. The van der Waals surface area contributed by atoms with Crippen molar-refractivity contribution in [1.29, 1.82) is 5.26 Å². The summed E-state index contributed by atoms with van der Waals surface area (Å²) in [6.45, 7) is 0.912. The summed E-state index contributed by atoms with van der Waals surface area (Å²) < 4.78 is 1.44. The van der Waals surface area contributed by atoms with Crippen LogP contribution < -0.4 is 11.1 Å². The van der Waals surface area contributed by atoms with Crippen LogP contribution in [0.15, 0.2) is 6.20 Å². The summed E-state index contributed by atoms with van der Waals surface area (Å²) in [7, 11) is 0. The number of nitrogens with two attached hydrogens (primary N) is 1. The van der Waals surface area contributed by atoms with E-state index in [1.165, 1.54) is 17.1 Å². The van der Waals surface area contributed by atoms with E-state index in [1.807, 2.05) is 5.32 Å². The minimum absolute atomic E-state index is 0.106. The molecule has 3 N–H and O–H groups in total. The minimum Gasteiger partial charge on any atom is -0.329 e. The largest absolute Gasteiger partial charge is 0.329 e. The van der Waals surface area contributed by atoms with Gasteiger partial charge in [0.15, 0.2) is 11.9 Å². The number of amides is 1. The van der Waals surface area contributed by atoms with Gasteiger partial charge in [-0.15, -0.1) is 5.10 Å². The smallest absolute Gasteiger partial charge is 0.286 e. The molecule has 0 aliphatic carbocycles.